The van der Waals surface area contributed by atoms with Gasteiger partial charge in [-0.1, -0.05) is 12.6 Å². The molecule has 2 aromatic rings. The van der Waals surface area contributed by atoms with E-state index in [4.69, 9.17) is 0 Å². The molecule has 0 aliphatic heterocycles. The molecule has 2 aromatic carbocycles. The van der Waals surface area contributed by atoms with Crippen molar-refractivity contribution in [2.24, 2.45) is 0 Å². The summed E-state index contributed by atoms with van der Waals surface area (Å²) in [6.45, 7) is 3.45. The molecule has 1 amide bonds. The molecule has 1 atom stereocenters. The third-order valence-electron chi connectivity index (χ3n) is 3.86. The highest BCUT2D eigenvalue weighted by molar-refractivity contribution is 5.98. The van der Waals surface area contributed by atoms with Crippen molar-refractivity contribution >= 4 is 17.3 Å². The minimum atomic E-state index is -0.244. The van der Waals surface area contributed by atoms with E-state index in [1.54, 1.807) is 12.1 Å². The molecule has 0 saturated carbocycles. The van der Waals surface area contributed by atoms with Crippen molar-refractivity contribution in [2.45, 2.75) is 18.9 Å². The van der Waals surface area contributed by atoms with E-state index >= 15 is 0 Å². The van der Waals surface area contributed by atoms with Crippen LogP contribution in [0.5, 0.6) is 0 Å². The van der Waals surface area contributed by atoms with Crippen LogP contribution in [-0.4, -0.2) is 5.91 Å². The number of rotatable bonds is 4. The van der Waals surface area contributed by atoms with E-state index in [9.17, 15) is 9.18 Å². The molecular weight excluding hydrogens is 279 g/mol. The Bertz CT molecular complexity index is 710. The van der Waals surface area contributed by atoms with E-state index in [-0.39, 0.29) is 17.8 Å². The van der Waals surface area contributed by atoms with E-state index in [0.717, 1.165) is 24.2 Å². The molecule has 0 fully saturated rings. The Labute approximate surface area is 128 Å². The molecule has 4 heteroatoms. The normalized spacial score (nSPS) is 16.0. The molecule has 3 rings (SSSR count). The summed E-state index contributed by atoms with van der Waals surface area (Å²) in [4.78, 5) is 11.4. The summed E-state index contributed by atoms with van der Waals surface area (Å²) in [5, 5.41) is 6.20. The monoisotopic (exact) mass is 296 g/mol. The number of hydrogen-bond donors (Lipinski definition) is 2. The van der Waals surface area contributed by atoms with Crippen LogP contribution in [0.15, 0.2) is 55.1 Å². The van der Waals surface area contributed by atoms with Gasteiger partial charge in [-0.15, -0.1) is 0 Å². The van der Waals surface area contributed by atoms with Gasteiger partial charge in [-0.05, 0) is 66.4 Å². The molecule has 22 heavy (non-hydrogen) atoms. The van der Waals surface area contributed by atoms with Crippen molar-refractivity contribution in [3.05, 3.63) is 72.1 Å². The second-order valence-corrected chi connectivity index (χ2v) is 5.35. The first-order valence-electron chi connectivity index (χ1n) is 7.24. The summed E-state index contributed by atoms with van der Waals surface area (Å²) in [5.74, 6) is -0.465. The highest BCUT2D eigenvalue weighted by atomic mass is 19.1. The van der Waals surface area contributed by atoms with E-state index in [2.05, 4.69) is 17.2 Å². The third-order valence-corrected chi connectivity index (χ3v) is 3.86. The van der Waals surface area contributed by atoms with Gasteiger partial charge in [-0.3, -0.25) is 4.79 Å². The molecule has 1 aliphatic rings. The molecular formula is C18H17FN2O. The Balaban J connectivity index is 1.80. The first-order chi connectivity index (χ1) is 10.7. The summed E-state index contributed by atoms with van der Waals surface area (Å²) < 4.78 is 13.0. The lowest BCUT2D eigenvalue weighted by molar-refractivity contribution is -0.111. The molecule has 0 saturated heterocycles. The van der Waals surface area contributed by atoms with Gasteiger partial charge in [-0.2, -0.15) is 0 Å². The van der Waals surface area contributed by atoms with Gasteiger partial charge in [0.2, 0.25) is 5.91 Å². The van der Waals surface area contributed by atoms with E-state index in [0.29, 0.717) is 0 Å². The molecule has 2 N–H and O–H groups in total. The fourth-order valence-corrected chi connectivity index (χ4v) is 2.77. The number of anilines is 2. The van der Waals surface area contributed by atoms with Gasteiger partial charge in [0, 0.05) is 11.4 Å². The van der Waals surface area contributed by atoms with Crippen LogP contribution in [0, 0.1) is 5.82 Å². The Morgan fingerprint density at radius 3 is 2.64 bits per heavy atom. The van der Waals surface area contributed by atoms with Gasteiger partial charge < -0.3 is 10.6 Å². The van der Waals surface area contributed by atoms with Crippen LogP contribution in [0.2, 0.25) is 0 Å². The minimum Gasteiger partial charge on any atom is -0.378 e. The summed E-state index contributed by atoms with van der Waals surface area (Å²) in [7, 11) is 0. The summed E-state index contributed by atoms with van der Waals surface area (Å²) in [6.07, 6.45) is 3.22. The predicted octanol–water partition coefficient (Wildman–Crippen LogP) is 4.05. The average Bonchev–Trinajstić information content (AvgIpc) is 2.92. The van der Waals surface area contributed by atoms with Crippen molar-refractivity contribution in [2.75, 3.05) is 10.6 Å². The number of nitrogens with one attached hydrogen (secondary N) is 2. The molecule has 0 heterocycles. The van der Waals surface area contributed by atoms with Crippen molar-refractivity contribution in [1.29, 1.82) is 0 Å². The second kappa shape index (κ2) is 6.02. The Morgan fingerprint density at radius 1 is 1.18 bits per heavy atom. The lowest BCUT2D eigenvalue weighted by Crippen LogP contribution is -2.10. The van der Waals surface area contributed by atoms with Crippen LogP contribution in [0.4, 0.5) is 15.8 Å². The number of carbonyl (C=O) groups excluding carboxylic acids is 1. The first-order valence-corrected chi connectivity index (χ1v) is 7.24. The largest absolute Gasteiger partial charge is 0.378 e. The fraction of sp³-hybridized carbons (Fsp3) is 0.167. The molecule has 3 nitrogen and oxygen atoms in total. The van der Waals surface area contributed by atoms with Crippen molar-refractivity contribution in [3.63, 3.8) is 0 Å². The number of carbonyl (C=O) groups is 1. The summed E-state index contributed by atoms with van der Waals surface area (Å²) in [5.41, 5.74) is 4.10. The minimum absolute atomic E-state index is 0.168. The van der Waals surface area contributed by atoms with Gasteiger partial charge in [0.15, 0.2) is 0 Å². The van der Waals surface area contributed by atoms with Gasteiger partial charge >= 0.3 is 0 Å². The zero-order chi connectivity index (χ0) is 15.5. The maximum absolute atomic E-state index is 13.0. The first kappa shape index (κ1) is 14.3. The standard InChI is InChI=1S/C18H17FN2O/c1-2-18(22)21-15-7-3-12-4-10-17(16(12)11-15)20-14-8-5-13(19)6-9-14/h2-3,5-9,11,17,20H,1,4,10H2,(H,21,22). The van der Waals surface area contributed by atoms with E-state index < -0.39 is 0 Å². The number of benzene rings is 2. The molecule has 112 valence electrons. The average molecular weight is 296 g/mol. The van der Waals surface area contributed by atoms with Crippen LogP contribution in [0.3, 0.4) is 0 Å². The molecule has 1 aliphatic carbocycles. The number of amides is 1. The lowest BCUT2D eigenvalue weighted by atomic mass is 10.1. The van der Waals surface area contributed by atoms with Crippen LogP contribution in [0.1, 0.15) is 23.6 Å². The molecule has 0 radical (unpaired) electrons. The number of halogens is 1. The second-order valence-electron chi connectivity index (χ2n) is 5.35. The van der Waals surface area contributed by atoms with Gasteiger partial charge in [0.1, 0.15) is 5.82 Å². The lowest BCUT2D eigenvalue weighted by Gasteiger charge is -2.16. The summed E-state index contributed by atoms with van der Waals surface area (Å²) >= 11 is 0. The molecule has 1 unspecified atom stereocenters. The fourth-order valence-electron chi connectivity index (χ4n) is 2.77. The SMILES string of the molecule is C=CC(=O)Nc1ccc2c(c1)C(Nc1ccc(F)cc1)CC2. The Morgan fingerprint density at radius 2 is 1.91 bits per heavy atom. The zero-order valence-corrected chi connectivity index (χ0v) is 12.1. The number of hydrogen-bond acceptors (Lipinski definition) is 2. The Kier molecular flexibility index (Phi) is 3.92. The molecule has 0 spiro atoms. The highest BCUT2D eigenvalue weighted by Gasteiger charge is 2.22. The van der Waals surface area contributed by atoms with Crippen LogP contribution in [-0.2, 0) is 11.2 Å². The molecule has 0 aromatic heterocycles. The number of aryl methyl sites for hydroxylation is 1. The summed E-state index contributed by atoms with van der Waals surface area (Å²) in [6, 6.07) is 12.5. The van der Waals surface area contributed by atoms with E-state index in [1.165, 1.54) is 29.3 Å². The smallest absolute Gasteiger partial charge is 0.247 e. The number of fused-ring (bicyclic) bond motifs is 1. The maximum atomic E-state index is 13.0. The third kappa shape index (κ3) is 3.01. The molecule has 0 bridgehead atoms. The van der Waals surface area contributed by atoms with Gasteiger partial charge in [0.05, 0.1) is 6.04 Å². The van der Waals surface area contributed by atoms with Crippen molar-refractivity contribution < 1.29 is 9.18 Å². The van der Waals surface area contributed by atoms with Crippen molar-refractivity contribution in [1.82, 2.24) is 0 Å². The maximum Gasteiger partial charge on any atom is 0.247 e. The van der Waals surface area contributed by atoms with Crippen LogP contribution in [0.25, 0.3) is 0 Å². The zero-order valence-electron chi connectivity index (χ0n) is 12.1. The van der Waals surface area contributed by atoms with Crippen LogP contribution < -0.4 is 10.6 Å². The highest BCUT2D eigenvalue weighted by Crippen LogP contribution is 2.35. The van der Waals surface area contributed by atoms with Gasteiger partial charge in [0.25, 0.3) is 0 Å². The van der Waals surface area contributed by atoms with Crippen LogP contribution >= 0.6 is 0 Å². The van der Waals surface area contributed by atoms with Gasteiger partial charge in [-0.25, -0.2) is 4.39 Å². The van der Waals surface area contributed by atoms with Crippen molar-refractivity contribution in [3.8, 4) is 0 Å². The Hall–Kier alpha value is -2.62. The van der Waals surface area contributed by atoms with E-state index in [1.807, 2.05) is 18.2 Å². The quantitative estimate of drug-likeness (QED) is 0.836. The predicted molar refractivity (Wildman–Crippen MR) is 86.4 cm³/mol. The topological polar surface area (TPSA) is 41.1 Å².